The molecule has 2 aromatic carbocycles. The topological polar surface area (TPSA) is 82.6 Å². The Hall–Kier alpha value is -3.45. The minimum Gasteiger partial charge on any atom is -0.493 e. The molecule has 1 N–H and O–H groups in total. The summed E-state index contributed by atoms with van der Waals surface area (Å²) in [5.41, 5.74) is 3.90. The lowest BCUT2D eigenvalue weighted by atomic mass is 9.96. The van der Waals surface area contributed by atoms with Gasteiger partial charge >= 0.3 is 0 Å². The molecule has 3 aromatic rings. The highest BCUT2D eigenvalue weighted by atomic mass is 16.5. The van der Waals surface area contributed by atoms with Crippen LogP contribution in [0.4, 0.5) is 5.95 Å². The number of ketones is 1. The normalized spacial score (nSPS) is 15.3. The highest BCUT2D eigenvalue weighted by Gasteiger charge is 2.23. The summed E-state index contributed by atoms with van der Waals surface area (Å²) < 4.78 is 16.0. The predicted octanol–water partition coefficient (Wildman–Crippen LogP) is 3.96. The van der Waals surface area contributed by atoms with E-state index in [1.165, 1.54) is 0 Å². The fourth-order valence-electron chi connectivity index (χ4n) is 3.93. The maximum Gasteiger partial charge on any atom is 0.223 e. The molecule has 1 atom stereocenters. The smallest absolute Gasteiger partial charge is 0.223 e. The van der Waals surface area contributed by atoms with E-state index in [9.17, 15) is 4.79 Å². The van der Waals surface area contributed by atoms with Gasteiger partial charge in [0.1, 0.15) is 5.78 Å². The maximum absolute atomic E-state index is 12.5. The molecule has 1 aliphatic heterocycles. The molecule has 0 spiro atoms. The summed E-state index contributed by atoms with van der Waals surface area (Å²) in [5, 5.41) is 3.29. The van der Waals surface area contributed by atoms with Gasteiger partial charge in [-0.3, -0.25) is 4.79 Å². The molecule has 0 saturated carbocycles. The van der Waals surface area contributed by atoms with E-state index >= 15 is 0 Å². The number of methoxy groups -OCH3 is 2. The standard InChI is InChI=1S/C26H29N3O4/c1-31-24-7-6-18(16-25(24)32-2)8-11-27-26-28-12-9-22(29-26)20-5-3-4-19(14-20)15-23(30)21-10-13-33-17-21/h3-7,9,12,14,16,21H,8,10-11,13,15,17H2,1-2H3,(H,27,28,29). The van der Waals surface area contributed by atoms with Crippen LogP contribution in [0, 0.1) is 5.92 Å². The third kappa shape index (κ3) is 5.87. The van der Waals surface area contributed by atoms with Gasteiger partial charge in [-0.25, -0.2) is 9.97 Å². The van der Waals surface area contributed by atoms with Crippen molar-refractivity contribution in [3.8, 4) is 22.8 Å². The number of carbonyl (C=O) groups excluding carboxylic acids is 1. The molecule has 4 rings (SSSR count). The Morgan fingerprint density at radius 1 is 1.09 bits per heavy atom. The number of nitrogens with one attached hydrogen (secondary N) is 1. The SMILES string of the molecule is COc1ccc(CCNc2nccc(-c3cccc(CC(=O)C4CCOC4)c3)n2)cc1OC. The second-order valence-corrected chi connectivity index (χ2v) is 8.04. The summed E-state index contributed by atoms with van der Waals surface area (Å²) in [5.74, 6) is 2.26. The summed E-state index contributed by atoms with van der Waals surface area (Å²) in [6.07, 6.45) is 3.78. The molecular weight excluding hydrogens is 418 g/mol. The Morgan fingerprint density at radius 2 is 1.97 bits per heavy atom. The lowest BCUT2D eigenvalue weighted by molar-refractivity contribution is -0.122. The van der Waals surface area contributed by atoms with Gasteiger partial charge in [-0.15, -0.1) is 0 Å². The minimum absolute atomic E-state index is 0.0224. The van der Waals surface area contributed by atoms with Crippen LogP contribution in [-0.2, 0) is 22.4 Å². The molecule has 1 saturated heterocycles. The molecule has 0 amide bonds. The molecule has 1 aliphatic rings. The summed E-state index contributed by atoms with van der Waals surface area (Å²) in [4.78, 5) is 21.5. The second-order valence-electron chi connectivity index (χ2n) is 8.04. The minimum atomic E-state index is 0.0224. The lowest BCUT2D eigenvalue weighted by Gasteiger charge is -2.11. The molecule has 172 valence electrons. The van der Waals surface area contributed by atoms with Crippen molar-refractivity contribution < 1.29 is 19.0 Å². The zero-order valence-electron chi connectivity index (χ0n) is 19.0. The van der Waals surface area contributed by atoms with Crippen molar-refractivity contribution in [2.45, 2.75) is 19.3 Å². The van der Waals surface area contributed by atoms with Crippen molar-refractivity contribution in [2.75, 3.05) is 39.3 Å². The van der Waals surface area contributed by atoms with Crippen LogP contribution in [0.2, 0.25) is 0 Å². The van der Waals surface area contributed by atoms with E-state index in [1.54, 1.807) is 20.4 Å². The summed E-state index contributed by atoms with van der Waals surface area (Å²) in [6.45, 7) is 1.90. The number of ether oxygens (including phenoxy) is 3. The van der Waals surface area contributed by atoms with E-state index in [2.05, 4.69) is 15.3 Å². The van der Waals surface area contributed by atoms with Crippen LogP contribution in [0.15, 0.2) is 54.7 Å². The van der Waals surface area contributed by atoms with E-state index in [-0.39, 0.29) is 11.7 Å². The second kappa shape index (κ2) is 10.9. The molecule has 1 fully saturated rings. The monoisotopic (exact) mass is 447 g/mol. The van der Waals surface area contributed by atoms with Crippen molar-refractivity contribution in [3.63, 3.8) is 0 Å². The van der Waals surface area contributed by atoms with Gasteiger partial charge in [-0.05, 0) is 48.2 Å². The molecule has 1 aromatic heterocycles. The largest absolute Gasteiger partial charge is 0.493 e. The molecule has 33 heavy (non-hydrogen) atoms. The summed E-state index contributed by atoms with van der Waals surface area (Å²) >= 11 is 0. The quantitative estimate of drug-likeness (QED) is 0.504. The highest BCUT2D eigenvalue weighted by molar-refractivity contribution is 5.84. The number of anilines is 1. The van der Waals surface area contributed by atoms with Crippen LogP contribution in [0.3, 0.4) is 0 Å². The molecule has 0 aliphatic carbocycles. The van der Waals surface area contributed by atoms with E-state index in [0.29, 0.717) is 43.6 Å². The van der Waals surface area contributed by atoms with Gasteiger partial charge < -0.3 is 19.5 Å². The zero-order chi connectivity index (χ0) is 23.0. The number of aromatic nitrogens is 2. The molecule has 2 heterocycles. The van der Waals surface area contributed by atoms with Gasteiger partial charge in [0.25, 0.3) is 0 Å². The Bertz CT molecular complexity index is 1100. The van der Waals surface area contributed by atoms with Gasteiger partial charge in [0.2, 0.25) is 5.95 Å². The molecule has 7 nitrogen and oxygen atoms in total. The Kier molecular flexibility index (Phi) is 7.52. The van der Waals surface area contributed by atoms with Crippen LogP contribution in [0.25, 0.3) is 11.3 Å². The molecule has 1 unspecified atom stereocenters. The number of hydrogen-bond donors (Lipinski definition) is 1. The first-order valence-corrected chi connectivity index (χ1v) is 11.1. The Morgan fingerprint density at radius 3 is 2.76 bits per heavy atom. The first kappa shape index (κ1) is 22.7. The van der Waals surface area contributed by atoms with E-state index in [1.807, 2.05) is 48.5 Å². The zero-order valence-corrected chi connectivity index (χ0v) is 19.0. The Labute approximate surface area is 194 Å². The number of rotatable bonds is 10. The van der Waals surface area contributed by atoms with Gasteiger partial charge in [0.05, 0.1) is 26.5 Å². The van der Waals surface area contributed by atoms with Crippen molar-refractivity contribution in [1.82, 2.24) is 9.97 Å². The van der Waals surface area contributed by atoms with Crippen LogP contribution in [-0.4, -0.2) is 49.7 Å². The number of benzene rings is 2. The fourth-order valence-corrected chi connectivity index (χ4v) is 3.93. The first-order valence-electron chi connectivity index (χ1n) is 11.1. The predicted molar refractivity (Wildman–Crippen MR) is 127 cm³/mol. The van der Waals surface area contributed by atoms with E-state index in [4.69, 9.17) is 14.2 Å². The average Bonchev–Trinajstić information content (AvgIpc) is 3.40. The fraction of sp³-hybridized carbons (Fsp3) is 0.346. The molecule has 0 bridgehead atoms. The average molecular weight is 448 g/mol. The van der Waals surface area contributed by atoms with Gasteiger partial charge in [-0.2, -0.15) is 0 Å². The number of nitrogens with zero attached hydrogens (tertiary/aromatic N) is 2. The highest BCUT2D eigenvalue weighted by Crippen LogP contribution is 2.27. The van der Waals surface area contributed by atoms with E-state index < -0.39 is 0 Å². The molecule has 0 radical (unpaired) electrons. The molecular formula is C26H29N3O4. The maximum atomic E-state index is 12.5. The summed E-state index contributed by atoms with van der Waals surface area (Å²) in [6, 6.07) is 15.8. The van der Waals surface area contributed by atoms with Crippen molar-refractivity contribution in [1.29, 1.82) is 0 Å². The van der Waals surface area contributed by atoms with Crippen molar-refractivity contribution in [2.24, 2.45) is 5.92 Å². The first-order chi connectivity index (χ1) is 16.2. The van der Waals surface area contributed by atoms with Crippen LogP contribution >= 0.6 is 0 Å². The third-order valence-corrected chi connectivity index (χ3v) is 5.79. The van der Waals surface area contributed by atoms with Gasteiger partial charge in [0, 0.05) is 37.3 Å². The van der Waals surface area contributed by atoms with Crippen LogP contribution in [0.1, 0.15) is 17.5 Å². The van der Waals surface area contributed by atoms with Gasteiger partial charge in [0.15, 0.2) is 11.5 Å². The number of hydrogen-bond acceptors (Lipinski definition) is 7. The number of carbonyl (C=O) groups is 1. The van der Waals surface area contributed by atoms with Crippen molar-refractivity contribution in [3.05, 3.63) is 65.9 Å². The van der Waals surface area contributed by atoms with E-state index in [0.717, 1.165) is 35.2 Å². The lowest BCUT2D eigenvalue weighted by Crippen LogP contribution is -2.16. The van der Waals surface area contributed by atoms with Crippen LogP contribution < -0.4 is 14.8 Å². The third-order valence-electron chi connectivity index (χ3n) is 5.79. The molecule has 7 heteroatoms. The van der Waals surface area contributed by atoms with Crippen LogP contribution in [0.5, 0.6) is 11.5 Å². The van der Waals surface area contributed by atoms with Crippen molar-refractivity contribution >= 4 is 11.7 Å². The Balaban J connectivity index is 1.38. The van der Waals surface area contributed by atoms with Gasteiger partial charge in [-0.1, -0.05) is 24.3 Å². The number of Topliss-reactive ketones (excluding diaryl/α,β-unsaturated/α-hetero) is 1. The summed E-state index contributed by atoms with van der Waals surface area (Å²) in [7, 11) is 3.26.